The smallest absolute Gasteiger partial charge is 0.412 e. The van der Waals surface area contributed by atoms with Gasteiger partial charge in [0.05, 0.1) is 18.2 Å². The Morgan fingerprint density at radius 3 is 1.67 bits per heavy atom. The lowest BCUT2D eigenvalue weighted by molar-refractivity contribution is 0.0254. The van der Waals surface area contributed by atoms with Crippen molar-refractivity contribution in [2.24, 2.45) is 0 Å². The van der Waals surface area contributed by atoms with Gasteiger partial charge in [-0.2, -0.15) is 0 Å². The maximum Gasteiger partial charge on any atom is 0.412 e. The first-order valence-electron chi connectivity index (χ1n) is 14.6. The van der Waals surface area contributed by atoms with Crippen LogP contribution in [0.5, 0.6) is 0 Å². The van der Waals surface area contributed by atoms with Crippen molar-refractivity contribution in [2.45, 2.75) is 71.4 Å². The van der Waals surface area contributed by atoms with Crippen molar-refractivity contribution in [3.05, 3.63) is 82.4 Å². The van der Waals surface area contributed by atoms with Gasteiger partial charge in [-0.05, 0) is 94.4 Å². The molecule has 11 heteroatoms. The number of amides is 2. The van der Waals surface area contributed by atoms with E-state index in [0.29, 0.717) is 22.5 Å². The van der Waals surface area contributed by atoms with Crippen LogP contribution in [0.15, 0.2) is 54.6 Å². The van der Waals surface area contributed by atoms with Crippen molar-refractivity contribution in [3.8, 4) is 0 Å². The molecule has 2 amide bonds. The highest BCUT2D eigenvalue weighted by Gasteiger charge is 2.56. The summed E-state index contributed by atoms with van der Waals surface area (Å²) in [4.78, 5) is 51.5. The Balaban J connectivity index is 1.73. The second-order valence-corrected chi connectivity index (χ2v) is 18.0. The predicted octanol–water partition coefficient (Wildman–Crippen LogP) is 5.77. The molecule has 0 saturated heterocycles. The number of methoxy groups -OCH3 is 1. The molecule has 2 aliphatic heterocycles. The van der Waals surface area contributed by atoms with E-state index in [0.717, 1.165) is 21.5 Å². The van der Waals surface area contributed by atoms with Crippen molar-refractivity contribution >= 4 is 53.9 Å². The van der Waals surface area contributed by atoms with Gasteiger partial charge in [-0.15, -0.1) is 0 Å². The van der Waals surface area contributed by atoms with Crippen molar-refractivity contribution in [2.75, 3.05) is 17.7 Å². The zero-order chi connectivity index (χ0) is 33.1. The average Bonchev–Trinajstić information content (AvgIpc) is 3.21. The van der Waals surface area contributed by atoms with Gasteiger partial charge in [0, 0.05) is 28.1 Å². The minimum absolute atomic E-state index is 0.269. The van der Waals surface area contributed by atoms with Crippen LogP contribution in [0.2, 0.25) is 13.1 Å². The van der Waals surface area contributed by atoms with Crippen LogP contribution in [0, 0.1) is 0 Å². The van der Waals surface area contributed by atoms with Crippen LogP contribution < -0.4 is 21.0 Å². The summed E-state index contributed by atoms with van der Waals surface area (Å²) < 4.78 is 22.3. The van der Waals surface area contributed by atoms with Gasteiger partial charge in [0.25, 0.3) is 0 Å². The molecule has 3 aromatic rings. The van der Waals surface area contributed by atoms with Gasteiger partial charge in [-0.3, -0.25) is 10.6 Å². The molecule has 3 aromatic carbocycles. The summed E-state index contributed by atoms with van der Waals surface area (Å²) in [6.45, 7) is 15.0. The van der Waals surface area contributed by atoms with Crippen LogP contribution in [-0.2, 0) is 24.5 Å². The van der Waals surface area contributed by atoms with Crippen LogP contribution in [0.25, 0.3) is 0 Å². The van der Waals surface area contributed by atoms with Crippen LogP contribution in [0.4, 0.5) is 21.0 Å². The number of hydrogen-bond donors (Lipinski definition) is 2. The topological polar surface area (TPSA) is 129 Å². The van der Waals surface area contributed by atoms with E-state index >= 15 is 0 Å². The SMILES string of the molecule is COC(=O)c1ccc2c(c1)C1(OC2=O)c2ccc(NC(=O)OC(C)(C)C)cc2[Si](C)(C)c2cc(NC(=O)OC(C)(C)C)ccc21. The molecule has 0 aliphatic carbocycles. The molecule has 2 heterocycles. The summed E-state index contributed by atoms with van der Waals surface area (Å²) in [6, 6.07) is 15.7. The van der Waals surface area contributed by atoms with E-state index in [1.54, 1.807) is 65.8 Å². The Hall–Kier alpha value is -4.64. The maximum absolute atomic E-state index is 13.5. The molecule has 0 saturated carbocycles. The lowest BCUT2D eigenvalue weighted by Crippen LogP contribution is -2.63. The summed E-state index contributed by atoms with van der Waals surface area (Å²) in [7, 11) is -1.34. The molecule has 0 fully saturated rings. The molecular formula is C34H38N2O8Si. The molecule has 2 N–H and O–H groups in total. The number of hydrogen-bond acceptors (Lipinski definition) is 8. The van der Waals surface area contributed by atoms with Gasteiger partial charge < -0.3 is 18.9 Å². The van der Waals surface area contributed by atoms with Gasteiger partial charge in [0.2, 0.25) is 0 Å². The highest BCUT2D eigenvalue weighted by Crippen LogP contribution is 2.49. The third-order valence-corrected chi connectivity index (χ3v) is 11.2. The Morgan fingerprint density at radius 1 is 0.733 bits per heavy atom. The highest BCUT2D eigenvalue weighted by molar-refractivity contribution is 7.01. The fraction of sp³-hybridized carbons (Fsp3) is 0.353. The lowest BCUT2D eigenvalue weighted by atomic mass is 9.78. The van der Waals surface area contributed by atoms with E-state index in [1.165, 1.54) is 13.2 Å². The third kappa shape index (κ3) is 5.79. The molecule has 0 aromatic heterocycles. The Morgan fingerprint density at radius 2 is 1.22 bits per heavy atom. The first-order chi connectivity index (χ1) is 20.9. The molecule has 0 unspecified atom stereocenters. The number of ether oxygens (including phenoxy) is 4. The first-order valence-corrected chi connectivity index (χ1v) is 17.6. The summed E-state index contributed by atoms with van der Waals surface area (Å²) in [5.41, 5.74) is 0.792. The molecule has 45 heavy (non-hydrogen) atoms. The standard InChI is InChI=1S/C34H38N2O8Si/c1-32(2,3)43-30(39)35-20-11-14-23-26(17-20)45(8,9)27-18-21(36-31(40)44-33(4,5)6)12-15-24(27)34(23)25-16-19(28(37)41-7)10-13-22(25)29(38)42-34/h10-18H,1-9H3,(H,35,39)(H,36,40). The van der Waals surface area contributed by atoms with Gasteiger partial charge in [-0.25, -0.2) is 19.2 Å². The summed E-state index contributed by atoms with van der Waals surface area (Å²) in [5, 5.41) is 7.44. The molecular weight excluding hydrogens is 592 g/mol. The fourth-order valence-corrected chi connectivity index (χ4v) is 9.12. The quantitative estimate of drug-likeness (QED) is 0.212. The summed E-state index contributed by atoms with van der Waals surface area (Å²) in [6.07, 6.45) is -1.20. The van der Waals surface area contributed by atoms with Crippen LogP contribution in [0.1, 0.15) is 78.9 Å². The van der Waals surface area contributed by atoms with Gasteiger partial charge in [0.1, 0.15) is 19.3 Å². The van der Waals surface area contributed by atoms with E-state index in [4.69, 9.17) is 18.9 Å². The fourth-order valence-electron chi connectivity index (χ4n) is 5.93. The molecule has 0 radical (unpaired) electrons. The minimum Gasteiger partial charge on any atom is -0.465 e. The molecule has 0 atom stereocenters. The zero-order valence-corrected chi connectivity index (χ0v) is 28.0. The molecule has 5 rings (SSSR count). The van der Waals surface area contributed by atoms with E-state index in [1.807, 2.05) is 24.3 Å². The van der Waals surface area contributed by atoms with Crippen molar-refractivity contribution in [1.29, 1.82) is 0 Å². The number of carbonyl (C=O) groups is 4. The molecule has 1 spiro atoms. The number of nitrogens with one attached hydrogen (secondary N) is 2. The van der Waals surface area contributed by atoms with Crippen molar-refractivity contribution in [1.82, 2.24) is 0 Å². The van der Waals surface area contributed by atoms with E-state index in [9.17, 15) is 19.2 Å². The minimum atomic E-state index is -2.64. The van der Waals surface area contributed by atoms with Gasteiger partial charge in [0.15, 0.2) is 5.60 Å². The van der Waals surface area contributed by atoms with E-state index in [-0.39, 0.29) is 5.56 Å². The maximum atomic E-state index is 13.5. The van der Waals surface area contributed by atoms with E-state index < -0.39 is 49.0 Å². The van der Waals surface area contributed by atoms with Gasteiger partial charge in [-0.1, -0.05) is 25.2 Å². The van der Waals surface area contributed by atoms with E-state index in [2.05, 4.69) is 23.7 Å². The summed E-state index contributed by atoms with van der Waals surface area (Å²) in [5.74, 6) is -1.08. The Labute approximate surface area is 263 Å². The molecule has 0 bridgehead atoms. The molecule has 236 valence electrons. The highest BCUT2D eigenvalue weighted by atomic mass is 28.3. The Kier molecular flexibility index (Phi) is 7.60. The zero-order valence-electron chi connectivity index (χ0n) is 27.0. The number of carbonyl (C=O) groups excluding carboxylic acids is 4. The Bertz CT molecular complexity index is 1670. The molecule has 10 nitrogen and oxygen atoms in total. The monoisotopic (exact) mass is 630 g/mol. The number of anilines is 2. The number of fused-ring (bicyclic) bond motifs is 6. The van der Waals surface area contributed by atoms with Crippen molar-refractivity contribution < 1.29 is 38.1 Å². The number of esters is 2. The summed E-state index contributed by atoms with van der Waals surface area (Å²) >= 11 is 0. The largest absolute Gasteiger partial charge is 0.465 e. The van der Waals surface area contributed by atoms with Gasteiger partial charge >= 0.3 is 24.1 Å². The van der Waals surface area contributed by atoms with Crippen molar-refractivity contribution in [3.63, 3.8) is 0 Å². The van der Waals surface area contributed by atoms with Crippen LogP contribution >= 0.6 is 0 Å². The van der Waals surface area contributed by atoms with Crippen LogP contribution in [0.3, 0.4) is 0 Å². The lowest BCUT2D eigenvalue weighted by Gasteiger charge is -2.44. The second-order valence-electron chi connectivity index (χ2n) is 13.7. The van der Waals surface area contributed by atoms with Crippen LogP contribution in [-0.4, -0.2) is 50.5 Å². The normalized spacial score (nSPS) is 15.6. The second kappa shape index (κ2) is 10.8. The predicted molar refractivity (Wildman–Crippen MR) is 172 cm³/mol. The molecule has 2 aliphatic rings. The third-order valence-electron chi connectivity index (χ3n) is 7.72. The average molecular weight is 631 g/mol. The first kappa shape index (κ1) is 31.8. The number of rotatable bonds is 3. The number of benzene rings is 3.